The smallest absolute Gasteiger partial charge is 0.419 e. The molecule has 2 heterocycles. The van der Waals surface area contributed by atoms with Gasteiger partial charge in [-0.3, -0.25) is 9.48 Å². The summed E-state index contributed by atoms with van der Waals surface area (Å²) >= 11 is 0. The molecule has 0 radical (unpaired) electrons. The van der Waals surface area contributed by atoms with Gasteiger partial charge in [-0.15, -0.1) is 0 Å². The summed E-state index contributed by atoms with van der Waals surface area (Å²) < 4.78 is 45.2. The number of hydrogen-bond acceptors (Lipinski definition) is 5. The zero-order chi connectivity index (χ0) is 23.3. The molecule has 1 aliphatic carbocycles. The number of fused-ring (bicyclic) bond motifs is 5. The molecule has 2 aliphatic rings. The Bertz CT molecular complexity index is 1300. The number of benzene rings is 2. The number of nitrogens with zero attached hydrogens (tertiary/aromatic N) is 2. The molecule has 0 spiro atoms. The molecule has 7 nitrogen and oxygen atoms in total. The number of esters is 1. The van der Waals surface area contributed by atoms with Gasteiger partial charge < -0.3 is 15.8 Å². The Labute approximate surface area is 186 Å². The highest BCUT2D eigenvalue weighted by atomic mass is 19.4. The number of nitrogen functional groups attached to an aromatic ring is 1. The number of anilines is 1. The van der Waals surface area contributed by atoms with Gasteiger partial charge in [-0.2, -0.15) is 18.3 Å². The predicted molar refractivity (Wildman–Crippen MR) is 114 cm³/mol. The summed E-state index contributed by atoms with van der Waals surface area (Å²) in [7, 11) is 0. The Morgan fingerprint density at radius 1 is 1.15 bits per heavy atom. The number of amides is 1. The molecule has 10 heteroatoms. The molecule has 1 amide bonds. The van der Waals surface area contributed by atoms with Crippen LogP contribution in [0.2, 0.25) is 0 Å². The van der Waals surface area contributed by atoms with Crippen molar-refractivity contribution in [3.05, 3.63) is 53.2 Å². The Balaban J connectivity index is 1.68. The first-order valence-corrected chi connectivity index (χ1v) is 10.4. The molecule has 5 rings (SSSR count). The number of rotatable bonds is 2. The first kappa shape index (κ1) is 21.0. The standard InChI is InChI=1S/C23H19F3N4O3/c24-23(25,26)22(32)33-18-10-13-5-6-15-19(29-30-8-2-7-28-21(31)20(15)30)17(13)11-16(18)12-3-1-4-14(27)9-12/h1,3-4,9-11H,2,5-8,27H2,(H,28,31). The van der Waals surface area contributed by atoms with E-state index < -0.39 is 12.1 Å². The fourth-order valence-corrected chi connectivity index (χ4v) is 4.37. The zero-order valence-corrected chi connectivity index (χ0v) is 17.3. The number of aromatic nitrogens is 2. The molecule has 1 aliphatic heterocycles. The van der Waals surface area contributed by atoms with Crippen molar-refractivity contribution in [2.75, 3.05) is 12.3 Å². The summed E-state index contributed by atoms with van der Waals surface area (Å²) in [5.74, 6) is -2.69. The number of ether oxygens (including phenoxy) is 1. The molecular weight excluding hydrogens is 437 g/mol. The highest BCUT2D eigenvalue weighted by Crippen LogP contribution is 2.42. The monoisotopic (exact) mass is 456 g/mol. The number of carbonyl (C=O) groups is 2. The van der Waals surface area contributed by atoms with Crippen molar-refractivity contribution in [1.82, 2.24) is 15.1 Å². The average molecular weight is 456 g/mol. The number of halogens is 3. The number of hydrogen-bond donors (Lipinski definition) is 2. The normalized spacial score (nSPS) is 15.1. The van der Waals surface area contributed by atoms with Gasteiger partial charge in [0.05, 0.1) is 5.69 Å². The molecule has 0 fully saturated rings. The molecule has 170 valence electrons. The molecule has 2 aromatic carbocycles. The van der Waals surface area contributed by atoms with Gasteiger partial charge in [-0.25, -0.2) is 4.79 Å². The van der Waals surface area contributed by atoms with Gasteiger partial charge in [-0.1, -0.05) is 12.1 Å². The van der Waals surface area contributed by atoms with E-state index in [1.54, 1.807) is 35.0 Å². The molecule has 0 saturated carbocycles. The van der Waals surface area contributed by atoms with Crippen LogP contribution in [-0.2, 0) is 24.2 Å². The van der Waals surface area contributed by atoms with E-state index in [9.17, 15) is 22.8 Å². The Kier molecular flexibility index (Phi) is 4.88. The second-order valence-corrected chi connectivity index (χ2v) is 8.03. The molecule has 0 unspecified atom stereocenters. The number of aryl methyl sites for hydroxylation is 2. The topological polar surface area (TPSA) is 99.2 Å². The quantitative estimate of drug-likeness (QED) is 0.349. The summed E-state index contributed by atoms with van der Waals surface area (Å²) in [4.78, 5) is 24.2. The van der Waals surface area contributed by atoms with Gasteiger partial charge in [0, 0.05) is 35.5 Å². The van der Waals surface area contributed by atoms with Crippen LogP contribution >= 0.6 is 0 Å². The highest BCUT2D eigenvalue weighted by Gasteiger charge is 2.42. The van der Waals surface area contributed by atoms with Crippen LogP contribution in [0.1, 0.15) is 28.0 Å². The molecule has 3 aromatic rings. The van der Waals surface area contributed by atoms with Crippen molar-refractivity contribution >= 4 is 17.6 Å². The van der Waals surface area contributed by atoms with E-state index in [-0.39, 0.29) is 17.2 Å². The van der Waals surface area contributed by atoms with E-state index in [1.165, 1.54) is 6.07 Å². The van der Waals surface area contributed by atoms with Crippen molar-refractivity contribution in [3.8, 4) is 28.1 Å². The lowest BCUT2D eigenvalue weighted by molar-refractivity contribution is -0.189. The van der Waals surface area contributed by atoms with Gasteiger partial charge in [0.15, 0.2) is 0 Å². The maximum Gasteiger partial charge on any atom is 0.491 e. The van der Waals surface area contributed by atoms with Crippen LogP contribution < -0.4 is 15.8 Å². The van der Waals surface area contributed by atoms with Crippen LogP contribution in [0.25, 0.3) is 22.4 Å². The SMILES string of the molecule is Nc1cccc(-c2cc3c(cc2OC(=O)C(F)(F)F)CCc2c-3nn3c2C(=O)NCCC3)c1. The van der Waals surface area contributed by atoms with E-state index in [4.69, 9.17) is 10.5 Å². The van der Waals surface area contributed by atoms with E-state index in [0.717, 1.165) is 12.0 Å². The van der Waals surface area contributed by atoms with E-state index in [2.05, 4.69) is 10.4 Å². The maximum atomic E-state index is 12.9. The Morgan fingerprint density at radius 3 is 2.73 bits per heavy atom. The van der Waals surface area contributed by atoms with Gasteiger partial charge in [0.1, 0.15) is 11.4 Å². The van der Waals surface area contributed by atoms with E-state index >= 15 is 0 Å². The summed E-state index contributed by atoms with van der Waals surface area (Å²) in [6.45, 7) is 1.15. The van der Waals surface area contributed by atoms with Crippen LogP contribution in [0.4, 0.5) is 18.9 Å². The zero-order valence-electron chi connectivity index (χ0n) is 17.3. The molecule has 1 aromatic heterocycles. The van der Waals surface area contributed by atoms with Crippen LogP contribution in [0.5, 0.6) is 5.75 Å². The molecule has 0 atom stereocenters. The summed E-state index contributed by atoms with van der Waals surface area (Å²) in [5, 5.41) is 7.54. The molecular formula is C23H19F3N4O3. The average Bonchev–Trinajstić information content (AvgIpc) is 3.04. The molecule has 33 heavy (non-hydrogen) atoms. The van der Waals surface area contributed by atoms with Crippen LogP contribution in [-0.4, -0.2) is 34.4 Å². The lowest BCUT2D eigenvalue weighted by Gasteiger charge is -2.20. The number of carbonyl (C=O) groups excluding carboxylic acids is 2. The van der Waals surface area contributed by atoms with Crippen molar-refractivity contribution < 1.29 is 27.5 Å². The van der Waals surface area contributed by atoms with Gasteiger partial charge in [-0.05, 0) is 54.7 Å². The molecule has 3 N–H and O–H groups in total. The predicted octanol–water partition coefficient (Wildman–Crippen LogP) is 3.50. The highest BCUT2D eigenvalue weighted by molar-refractivity contribution is 5.97. The fourth-order valence-electron chi connectivity index (χ4n) is 4.37. The first-order chi connectivity index (χ1) is 15.7. The van der Waals surface area contributed by atoms with E-state index in [1.807, 2.05) is 0 Å². The Morgan fingerprint density at radius 2 is 1.97 bits per heavy atom. The van der Waals surface area contributed by atoms with Gasteiger partial charge >= 0.3 is 12.1 Å². The third kappa shape index (κ3) is 3.71. The van der Waals surface area contributed by atoms with Crippen molar-refractivity contribution in [3.63, 3.8) is 0 Å². The minimum Gasteiger partial charge on any atom is -0.419 e. The van der Waals surface area contributed by atoms with Crippen molar-refractivity contribution in [2.24, 2.45) is 0 Å². The molecule has 0 saturated heterocycles. The Hall–Kier alpha value is -3.82. The van der Waals surface area contributed by atoms with E-state index in [0.29, 0.717) is 59.7 Å². The summed E-state index contributed by atoms with van der Waals surface area (Å²) in [6, 6.07) is 9.67. The second kappa shape index (κ2) is 7.65. The third-order valence-electron chi connectivity index (χ3n) is 5.83. The van der Waals surface area contributed by atoms with Crippen LogP contribution in [0.3, 0.4) is 0 Å². The second-order valence-electron chi connectivity index (χ2n) is 8.03. The minimum absolute atomic E-state index is 0.184. The van der Waals surface area contributed by atoms with Gasteiger partial charge in [0.2, 0.25) is 0 Å². The van der Waals surface area contributed by atoms with Crippen molar-refractivity contribution in [2.45, 2.75) is 32.0 Å². The van der Waals surface area contributed by atoms with Crippen LogP contribution in [0.15, 0.2) is 36.4 Å². The number of nitrogens with one attached hydrogen (secondary N) is 1. The fraction of sp³-hybridized carbons (Fsp3) is 0.261. The third-order valence-corrected chi connectivity index (χ3v) is 5.83. The minimum atomic E-state index is -5.13. The van der Waals surface area contributed by atoms with Gasteiger partial charge in [0.25, 0.3) is 5.91 Å². The summed E-state index contributed by atoms with van der Waals surface area (Å²) in [5.41, 5.74) is 10.4. The van der Waals surface area contributed by atoms with Crippen LogP contribution in [0, 0.1) is 0 Å². The molecule has 0 bridgehead atoms. The largest absolute Gasteiger partial charge is 0.491 e. The first-order valence-electron chi connectivity index (χ1n) is 10.4. The lowest BCUT2D eigenvalue weighted by atomic mass is 9.86. The summed E-state index contributed by atoms with van der Waals surface area (Å²) in [6.07, 6.45) is -3.44. The van der Waals surface area contributed by atoms with Crippen molar-refractivity contribution in [1.29, 1.82) is 0 Å². The lowest BCUT2D eigenvalue weighted by Crippen LogP contribution is -2.28. The maximum absolute atomic E-state index is 12.9. The number of alkyl halides is 3. The number of nitrogens with two attached hydrogens (primary N) is 1.